The lowest BCUT2D eigenvalue weighted by atomic mass is 9.98. The number of likely N-dealkylation sites (tertiary alicyclic amines) is 1. The molecular weight excluding hydrogens is 380 g/mol. The van der Waals surface area contributed by atoms with Crippen LogP contribution in [-0.2, 0) is 5.54 Å². The van der Waals surface area contributed by atoms with E-state index in [1.165, 1.54) is 6.42 Å². The van der Waals surface area contributed by atoms with Gasteiger partial charge in [-0.1, -0.05) is 13.3 Å². The van der Waals surface area contributed by atoms with E-state index < -0.39 is 0 Å². The van der Waals surface area contributed by atoms with Crippen molar-refractivity contribution in [3.05, 3.63) is 46.0 Å². The van der Waals surface area contributed by atoms with Crippen molar-refractivity contribution in [1.29, 1.82) is 0 Å². The molecule has 0 unspecified atom stereocenters. The molecule has 2 aromatic heterocycles. The second kappa shape index (κ2) is 8.18. The van der Waals surface area contributed by atoms with Gasteiger partial charge in [0.15, 0.2) is 5.82 Å². The zero-order valence-corrected chi connectivity index (χ0v) is 18.2. The number of nitrogens with one attached hydrogen (secondary N) is 1. The maximum Gasteiger partial charge on any atom is 0.253 e. The molecule has 1 aromatic carbocycles. The fourth-order valence-electron chi connectivity index (χ4n) is 4.15. The number of aromatic amines is 1. The lowest BCUT2D eigenvalue weighted by molar-refractivity contribution is 0.167. The molecule has 1 N–H and O–H groups in total. The van der Waals surface area contributed by atoms with Gasteiger partial charge in [0.25, 0.3) is 5.56 Å². The summed E-state index contributed by atoms with van der Waals surface area (Å²) in [6.07, 6.45) is 4.30. The molecule has 0 bridgehead atoms. The van der Waals surface area contributed by atoms with E-state index in [9.17, 15) is 4.79 Å². The number of aromatic nitrogens is 5. The second-order valence-corrected chi connectivity index (χ2v) is 8.62. The van der Waals surface area contributed by atoms with Crippen molar-refractivity contribution in [3.8, 4) is 5.75 Å². The van der Waals surface area contributed by atoms with Crippen molar-refractivity contribution in [1.82, 2.24) is 30.1 Å². The van der Waals surface area contributed by atoms with Gasteiger partial charge in [0.1, 0.15) is 11.8 Å². The number of pyridine rings is 1. The van der Waals surface area contributed by atoms with Crippen LogP contribution in [0.4, 0.5) is 0 Å². The summed E-state index contributed by atoms with van der Waals surface area (Å²) < 4.78 is 7.27. The standard InChI is InChI=1S/C22H30N6O2/c1-5-22(2,3)28-20(24-25-26-28)19(27-11-7-6-8-12-27)17-14-15-13-16(30-4)9-10-18(15)23-21(17)29/h9-10,13-14,19H,5-8,11-12H2,1-4H3,(H,23,29)/t19-/m1/s1. The molecule has 8 heteroatoms. The van der Waals surface area contributed by atoms with Gasteiger partial charge in [-0.25, -0.2) is 4.68 Å². The number of H-pyrrole nitrogens is 1. The third-order valence-corrected chi connectivity index (χ3v) is 6.31. The Morgan fingerprint density at radius 1 is 1.20 bits per heavy atom. The fourth-order valence-corrected chi connectivity index (χ4v) is 4.15. The first-order valence-electron chi connectivity index (χ1n) is 10.7. The van der Waals surface area contributed by atoms with Crippen molar-refractivity contribution in [3.63, 3.8) is 0 Å². The third-order valence-electron chi connectivity index (χ3n) is 6.31. The van der Waals surface area contributed by atoms with Crippen LogP contribution in [0.5, 0.6) is 5.75 Å². The predicted molar refractivity (Wildman–Crippen MR) is 116 cm³/mol. The van der Waals surface area contributed by atoms with Gasteiger partial charge in [0, 0.05) is 16.5 Å². The molecule has 3 aromatic rings. The molecule has 30 heavy (non-hydrogen) atoms. The first-order chi connectivity index (χ1) is 14.4. The SMILES string of the molecule is CCC(C)(C)n1nnnc1[C@@H](c1cc2cc(OC)ccc2[nH]c1=O)N1CCCCC1. The van der Waals surface area contributed by atoms with Crippen molar-refractivity contribution >= 4 is 10.9 Å². The van der Waals surface area contributed by atoms with Gasteiger partial charge in [-0.05, 0) is 80.9 Å². The van der Waals surface area contributed by atoms with Crippen LogP contribution in [0.15, 0.2) is 29.1 Å². The van der Waals surface area contributed by atoms with Crippen molar-refractivity contribution in [2.75, 3.05) is 20.2 Å². The number of ether oxygens (including phenoxy) is 1. The van der Waals surface area contributed by atoms with Gasteiger partial charge in [0.05, 0.1) is 12.6 Å². The number of tetrazole rings is 1. The summed E-state index contributed by atoms with van der Waals surface area (Å²) in [5.41, 5.74) is 1.10. The number of piperidine rings is 1. The summed E-state index contributed by atoms with van der Waals surface area (Å²) in [4.78, 5) is 18.6. The number of hydrogen-bond acceptors (Lipinski definition) is 6. The van der Waals surface area contributed by atoms with Crippen LogP contribution >= 0.6 is 0 Å². The highest BCUT2D eigenvalue weighted by Gasteiger charge is 2.34. The third kappa shape index (κ3) is 3.71. The summed E-state index contributed by atoms with van der Waals surface area (Å²) >= 11 is 0. The predicted octanol–water partition coefficient (Wildman–Crippen LogP) is 3.24. The van der Waals surface area contributed by atoms with Crippen LogP contribution in [-0.4, -0.2) is 50.3 Å². The highest BCUT2D eigenvalue weighted by molar-refractivity contribution is 5.80. The van der Waals surface area contributed by atoms with Crippen molar-refractivity contribution in [2.24, 2.45) is 0 Å². The quantitative estimate of drug-likeness (QED) is 0.671. The number of benzene rings is 1. The fraction of sp³-hybridized carbons (Fsp3) is 0.545. The van der Waals surface area contributed by atoms with E-state index in [0.717, 1.165) is 54.8 Å². The summed E-state index contributed by atoms with van der Waals surface area (Å²) in [6.45, 7) is 8.20. The second-order valence-electron chi connectivity index (χ2n) is 8.62. The summed E-state index contributed by atoms with van der Waals surface area (Å²) in [7, 11) is 1.64. The monoisotopic (exact) mass is 410 g/mol. The van der Waals surface area contributed by atoms with E-state index in [1.807, 2.05) is 28.9 Å². The van der Waals surface area contributed by atoms with E-state index in [1.54, 1.807) is 7.11 Å². The molecule has 0 spiro atoms. The van der Waals surface area contributed by atoms with Crippen LogP contribution in [0.1, 0.15) is 63.9 Å². The van der Waals surface area contributed by atoms with Crippen molar-refractivity contribution < 1.29 is 4.74 Å². The molecule has 1 aliphatic rings. The van der Waals surface area contributed by atoms with Gasteiger partial charge in [0.2, 0.25) is 0 Å². The van der Waals surface area contributed by atoms with Gasteiger partial charge in [-0.2, -0.15) is 0 Å². The van der Waals surface area contributed by atoms with E-state index in [4.69, 9.17) is 4.74 Å². The Labute approximate surface area is 176 Å². The number of rotatable bonds is 6. The van der Waals surface area contributed by atoms with Gasteiger partial charge in [-0.3, -0.25) is 9.69 Å². The van der Waals surface area contributed by atoms with Crippen LogP contribution in [0.2, 0.25) is 0 Å². The molecule has 4 rings (SSSR count). The molecule has 0 amide bonds. The minimum absolute atomic E-state index is 0.105. The largest absolute Gasteiger partial charge is 0.497 e. The highest BCUT2D eigenvalue weighted by Crippen LogP contribution is 2.32. The lowest BCUT2D eigenvalue weighted by Gasteiger charge is -2.35. The van der Waals surface area contributed by atoms with Crippen LogP contribution < -0.4 is 10.3 Å². The molecule has 0 saturated carbocycles. The highest BCUT2D eigenvalue weighted by atomic mass is 16.5. The van der Waals surface area contributed by atoms with Gasteiger partial charge in [-0.15, -0.1) is 5.10 Å². The Morgan fingerprint density at radius 2 is 1.97 bits per heavy atom. The van der Waals surface area contributed by atoms with Crippen LogP contribution in [0.25, 0.3) is 10.9 Å². The Morgan fingerprint density at radius 3 is 2.67 bits per heavy atom. The van der Waals surface area contributed by atoms with Crippen LogP contribution in [0.3, 0.4) is 0 Å². The number of hydrogen-bond donors (Lipinski definition) is 1. The van der Waals surface area contributed by atoms with Crippen molar-refractivity contribution in [2.45, 2.75) is 58.0 Å². The van der Waals surface area contributed by atoms with Gasteiger partial charge < -0.3 is 9.72 Å². The van der Waals surface area contributed by atoms with E-state index >= 15 is 0 Å². The smallest absolute Gasteiger partial charge is 0.253 e. The molecule has 8 nitrogen and oxygen atoms in total. The molecule has 1 fully saturated rings. The average Bonchev–Trinajstić information content (AvgIpc) is 3.25. The molecule has 1 aliphatic heterocycles. The summed E-state index contributed by atoms with van der Waals surface area (Å²) in [5.74, 6) is 1.48. The Hall–Kier alpha value is -2.74. The maximum atomic E-state index is 13.2. The minimum Gasteiger partial charge on any atom is -0.497 e. The number of fused-ring (bicyclic) bond motifs is 1. The summed E-state index contributed by atoms with van der Waals surface area (Å²) in [5, 5.41) is 13.7. The normalized spacial score (nSPS) is 16.7. The minimum atomic E-state index is -0.300. The zero-order chi connectivity index (χ0) is 21.3. The van der Waals surface area contributed by atoms with Gasteiger partial charge >= 0.3 is 0 Å². The topological polar surface area (TPSA) is 88.9 Å². The summed E-state index contributed by atoms with van der Waals surface area (Å²) in [6, 6.07) is 7.34. The number of nitrogens with zero attached hydrogens (tertiary/aromatic N) is 5. The molecule has 0 aliphatic carbocycles. The number of methoxy groups -OCH3 is 1. The first kappa shape index (κ1) is 20.5. The lowest BCUT2D eigenvalue weighted by Crippen LogP contribution is -2.40. The maximum absolute atomic E-state index is 13.2. The Kier molecular flexibility index (Phi) is 5.60. The molecule has 0 radical (unpaired) electrons. The van der Waals surface area contributed by atoms with E-state index in [-0.39, 0.29) is 17.1 Å². The molecular formula is C22H30N6O2. The molecule has 1 atom stereocenters. The Bertz CT molecular complexity index is 1080. The van der Waals surface area contributed by atoms with E-state index in [2.05, 4.69) is 46.2 Å². The van der Waals surface area contributed by atoms with E-state index in [0.29, 0.717) is 5.56 Å². The Balaban J connectivity index is 1.90. The molecule has 1 saturated heterocycles. The zero-order valence-electron chi connectivity index (χ0n) is 18.2. The molecule has 3 heterocycles. The van der Waals surface area contributed by atoms with Crippen LogP contribution in [0, 0.1) is 0 Å². The average molecular weight is 411 g/mol. The molecule has 160 valence electrons. The first-order valence-corrected chi connectivity index (χ1v) is 10.7.